The second-order valence-electron chi connectivity index (χ2n) is 7.23. The van der Waals surface area contributed by atoms with Crippen LogP contribution in [0.5, 0.6) is 0 Å². The lowest BCUT2D eigenvalue weighted by Crippen LogP contribution is -2.57. The molecule has 1 saturated carbocycles. The Labute approximate surface area is 131 Å². The number of nitrogens with one attached hydrogen (secondary N) is 1. The Balaban J connectivity index is 2.00. The summed E-state index contributed by atoms with van der Waals surface area (Å²) in [5.74, 6) is 1.65. The molecule has 0 aromatic carbocycles. The smallest absolute Gasteiger partial charge is 0.0724 e. The van der Waals surface area contributed by atoms with Gasteiger partial charge in [0.1, 0.15) is 0 Å². The molecule has 0 radical (unpaired) electrons. The van der Waals surface area contributed by atoms with E-state index in [2.05, 4.69) is 31.0 Å². The number of piperidine rings is 1. The molecule has 3 nitrogen and oxygen atoms in total. The molecule has 0 bridgehead atoms. The number of nitrogens with zero attached hydrogens (tertiary/aromatic N) is 1. The third-order valence-electron chi connectivity index (χ3n) is 5.78. The van der Waals surface area contributed by atoms with Crippen LogP contribution < -0.4 is 5.32 Å². The quantitative estimate of drug-likeness (QED) is 0.814. The van der Waals surface area contributed by atoms with E-state index < -0.39 is 0 Å². The van der Waals surface area contributed by atoms with Gasteiger partial charge in [0.2, 0.25) is 0 Å². The van der Waals surface area contributed by atoms with Crippen LogP contribution in [0.4, 0.5) is 0 Å². The third kappa shape index (κ3) is 4.43. The first-order chi connectivity index (χ1) is 10.2. The maximum absolute atomic E-state index is 5.73. The van der Waals surface area contributed by atoms with E-state index >= 15 is 0 Å². The lowest BCUT2D eigenvalue weighted by molar-refractivity contribution is -0.0342. The first-order valence-corrected chi connectivity index (χ1v) is 9.19. The van der Waals surface area contributed by atoms with Gasteiger partial charge in [0.15, 0.2) is 0 Å². The largest absolute Gasteiger partial charge is 0.380 e. The van der Waals surface area contributed by atoms with Gasteiger partial charge in [0.25, 0.3) is 0 Å². The highest BCUT2D eigenvalue weighted by Gasteiger charge is 2.37. The van der Waals surface area contributed by atoms with Crippen LogP contribution in [0.25, 0.3) is 0 Å². The van der Waals surface area contributed by atoms with Gasteiger partial charge in [-0.05, 0) is 50.6 Å². The molecular weight excluding hydrogens is 260 g/mol. The van der Waals surface area contributed by atoms with Crippen molar-refractivity contribution in [2.24, 2.45) is 11.8 Å². The minimum atomic E-state index is 0.424. The van der Waals surface area contributed by atoms with Gasteiger partial charge < -0.3 is 10.1 Å². The number of likely N-dealkylation sites (N-methyl/N-ethyl adjacent to an activating group) is 1. The van der Waals surface area contributed by atoms with Crippen molar-refractivity contribution < 1.29 is 4.74 Å². The number of hydrogen-bond donors (Lipinski definition) is 1. The average Bonchev–Trinajstić information content (AvgIpc) is 2.50. The Morgan fingerprint density at radius 3 is 2.67 bits per heavy atom. The summed E-state index contributed by atoms with van der Waals surface area (Å²) in [6.07, 6.45) is 8.61. The van der Waals surface area contributed by atoms with Gasteiger partial charge >= 0.3 is 0 Å². The van der Waals surface area contributed by atoms with Gasteiger partial charge in [-0.2, -0.15) is 0 Å². The fraction of sp³-hybridized carbons (Fsp3) is 1.00. The monoisotopic (exact) mass is 296 g/mol. The van der Waals surface area contributed by atoms with Crippen LogP contribution in [0.1, 0.15) is 59.3 Å². The maximum atomic E-state index is 5.73. The summed E-state index contributed by atoms with van der Waals surface area (Å²) in [7, 11) is 1.88. The van der Waals surface area contributed by atoms with Gasteiger partial charge in [-0.15, -0.1) is 0 Å². The van der Waals surface area contributed by atoms with Crippen molar-refractivity contribution in [3.05, 3.63) is 0 Å². The number of ether oxygens (including phenoxy) is 1. The van der Waals surface area contributed by atoms with Gasteiger partial charge in [-0.3, -0.25) is 4.90 Å². The Bertz CT molecular complexity index is 297. The van der Waals surface area contributed by atoms with Crippen LogP contribution >= 0.6 is 0 Å². The van der Waals surface area contributed by atoms with Crippen molar-refractivity contribution in [1.29, 1.82) is 0 Å². The van der Waals surface area contributed by atoms with E-state index in [0.717, 1.165) is 25.0 Å². The molecule has 1 aliphatic carbocycles. The highest BCUT2D eigenvalue weighted by molar-refractivity contribution is 4.94. The Morgan fingerprint density at radius 2 is 2.00 bits per heavy atom. The predicted molar refractivity (Wildman–Crippen MR) is 89.7 cm³/mol. The zero-order valence-corrected chi connectivity index (χ0v) is 14.6. The van der Waals surface area contributed by atoms with Crippen molar-refractivity contribution in [3.63, 3.8) is 0 Å². The summed E-state index contributed by atoms with van der Waals surface area (Å²) in [6, 6.07) is 1.41. The van der Waals surface area contributed by atoms with E-state index in [-0.39, 0.29) is 0 Å². The van der Waals surface area contributed by atoms with Gasteiger partial charge in [-0.25, -0.2) is 0 Å². The first kappa shape index (κ1) is 17.2. The van der Waals surface area contributed by atoms with Crippen molar-refractivity contribution in [2.45, 2.75) is 77.5 Å². The molecule has 5 unspecified atom stereocenters. The maximum Gasteiger partial charge on any atom is 0.0724 e. The minimum Gasteiger partial charge on any atom is -0.380 e. The van der Waals surface area contributed by atoms with Crippen molar-refractivity contribution >= 4 is 0 Å². The van der Waals surface area contributed by atoms with Gasteiger partial charge in [0, 0.05) is 25.7 Å². The lowest BCUT2D eigenvalue weighted by atomic mass is 9.78. The van der Waals surface area contributed by atoms with E-state index in [1.165, 1.54) is 45.1 Å². The molecular formula is C18H36N2O. The highest BCUT2D eigenvalue weighted by atomic mass is 16.5. The van der Waals surface area contributed by atoms with E-state index in [1.807, 2.05) is 7.11 Å². The molecule has 1 saturated heterocycles. The van der Waals surface area contributed by atoms with E-state index in [1.54, 1.807) is 0 Å². The molecule has 21 heavy (non-hydrogen) atoms. The summed E-state index contributed by atoms with van der Waals surface area (Å²) >= 11 is 0. The molecule has 0 amide bonds. The van der Waals surface area contributed by atoms with E-state index in [9.17, 15) is 0 Å². The molecule has 0 spiro atoms. The van der Waals surface area contributed by atoms with Crippen LogP contribution in [0.15, 0.2) is 0 Å². The molecule has 1 heterocycles. The van der Waals surface area contributed by atoms with E-state index in [4.69, 9.17) is 4.74 Å². The standard InChI is InChI=1S/C18H36N2O/c1-5-7-15-8-9-16(19-6-2)17(12-15)20-11-10-14(3)18(13-20)21-4/h14-19H,5-13H2,1-4H3. The summed E-state index contributed by atoms with van der Waals surface area (Å²) in [5, 5.41) is 3.76. The molecule has 1 N–H and O–H groups in total. The molecule has 124 valence electrons. The summed E-state index contributed by atoms with van der Waals surface area (Å²) in [5.41, 5.74) is 0. The van der Waals surface area contributed by atoms with Crippen LogP contribution in [0.2, 0.25) is 0 Å². The summed E-state index contributed by atoms with van der Waals surface area (Å²) < 4.78 is 5.73. The second kappa shape index (κ2) is 8.50. The van der Waals surface area contributed by atoms with E-state index in [0.29, 0.717) is 18.1 Å². The molecule has 2 rings (SSSR count). The molecule has 5 atom stereocenters. The molecule has 0 aromatic heterocycles. The molecule has 0 aromatic rings. The summed E-state index contributed by atoms with van der Waals surface area (Å²) in [6.45, 7) is 10.4. The number of methoxy groups -OCH3 is 1. The highest BCUT2D eigenvalue weighted by Crippen LogP contribution is 2.33. The van der Waals surface area contributed by atoms with Crippen LogP contribution in [0.3, 0.4) is 0 Å². The van der Waals surface area contributed by atoms with Crippen molar-refractivity contribution in [3.8, 4) is 0 Å². The third-order valence-corrected chi connectivity index (χ3v) is 5.78. The van der Waals surface area contributed by atoms with Crippen molar-refractivity contribution in [2.75, 3.05) is 26.7 Å². The minimum absolute atomic E-state index is 0.424. The second-order valence-corrected chi connectivity index (χ2v) is 7.23. The van der Waals surface area contributed by atoms with Crippen LogP contribution in [-0.2, 0) is 4.74 Å². The normalized spacial score (nSPS) is 38.6. The number of likely N-dealkylation sites (tertiary alicyclic amines) is 1. The Kier molecular flexibility index (Phi) is 6.97. The average molecular weight is 296 g/mol. The van der Waals surface area contributed by atoms with Crippen LogP contribution in [-0.4, -0.2) is 49.8 Å². The zero-order valence-electron chi connectivity index (χ0n) is 14.6. The molecule has 2 aliphatic rings. The Morgan fingerprint density at radius 1 is 1.19 bits per heavy atom. The van der Waals surface area contributed by atoms with Crippen LogP contribution in [0, 0.1) is 11.8 Å². The first-order valence-electron chi connectivity index (χ1n) is 9.19. The SMILES string of the molecule is CCCC1CCC(NCC)C(N2CCC(C)C(OC)C2)C1. The molecule has 3 heteroatoms. The van der Waals surface area contributed by atoms with Gasteiger partial charge in [0.05, 0.1) is 6.10 Å². The number of hydrogen-bond acceptors (Lipinski definition) is 3. The fourth-order valence-corrected chi connectivity index (χ4v) is 4.47. The van der Waals surface area contributed by atoms with Gasteiger partial charge in [-0.1, -0.05) is 33.6 Å². The van der Waals surface area contributed by atoms with Crippen molar-refractivity contribution in [1.82, 2.24) is 10.2 Å². The zero-order chi connectivity index (χ0) is 15.2. The molecule has 2 fully saturated rings. The number of rotatable bonds is 6. The summed E-state index contributed by atoms with van der Waals surface area (Å²) in [4.78, 5) is 2.74. The fourth-order valence-electron chi connectivity index (χ4n) is 4.47. The topological polar surface area (TPSA) is 24.5 Å². The molecule has 1 aliphatic heterocycles. The lowest BCUT2D eigenvalue weighted by Gasteiger charge is -2.47. The Hall–Kier alpha value is -0.120. The predicted octanol–water partition coefficient (Wildman–Crippen LogP) is 3.29.